The van der Waals surface area contributed by atoms with Crippen molar-refractivity contribution in [3.05, 3.63) is 48.3 Å². The van der Waals surface area contributed by atoms with Gasteiger partial charge >= 0.3 is 0 Å². The summed E-state index contributed by atoms with van der Waals surface area (Å²) in [5.74, 6) is 2.47. The quantitative estimate of drug-likeness (QED) is 0.230. The van der Waals surface area contributed by atoms with E-state index in [1.54, 1.807) is 33.4 Å². The van der Waals surface area contributed by atoms with E-state index in [1.807, 2.05) is 18.2 Å². The molecule has 2 aromatic rings. The molecule has 9 heteroatoms. The van der Waals surface area contributed by atoms with E-state index in [9.17, 15) is 4.39 Å². The van der Waals surface area contributed by atoms with Crippen LogP contribution < -0.4 is 29.7 Å². The summed E-state index contributed by atoms with van der Waals surface area (Å²) in [7, 11) is 5.05. The Bertz CT molecular complexity index is 846. The van der Waals surface area contributed by atoms with Crippen molar-refractivity contribution in [2.75, 3.05) is 52.4 Å². The van der Waals surface area contributed by atoms with Gasteiger partial charge in [-0.15, -0.1) is 24.0 Å². The average molecular weight is 544 g/mol. The first-order chi connectivity index (χ1) is 14.6. The molecule has 0 bridgehead atoms. The van der Waals surface area contributed by atoms with Crippen molar-refractivity contribution in [1.29, 1.82) is 0 Å². The Labute approximate surface area is 200 Å². The molecular weight excluding hydrogens is 514 g/mol. The molecule has 3 rings (SSSR count). The van der Waals surface area contributed by atoms with Crippen molar-refractivity contribution in [1.82, 2.24) is 10.6 Å². The van der Waals surface area contributed by atoms with Crippen LogP contribution in [0.15, 0.2) is 47.5 Å². The fourth-order valence-electron chi connectivity index (χ4n) is 3.37. The Morgan fingerprint density at radius 2 is 1.87 bits per heavy atom. The highest BCUT2D eigenvalue weighted by Gasteiger charge is 2.24. The van der Waals surface area contributed by atoms with Crippen LogP contribution in [0.5, 0.6) is 17.2 Å². The van der Waals surface area contributed by atoms with Crippen LogP contribution >= 0.6 is 24.0 Å². The number of guanidine groups is 1. The zero-order valence-corrected chi connectivity index (χ0v) is 20.4. The standard InChI is InChI=1S/C22H29FN4O3.HI/c1-24-22(25-8-10-30-19-6-4-5-16(23)11-19)26-17-7-9-27(15-17)18-12-20(28-2)14-21(13-18)29-3;/h4-6,11-14,17H,7-10,15H2,1-3H3,(H2,24,25,26);1H. The Balaban J connectivity index is 0.00000341. The number of aliphatic imine (C=N–C) groups is 1. The minimum absolute atomic E-state index is 0. The Morgan fingerprint density at radius 3 is 2.52 bits per heavy atom. The number of rotatable bonds is 8. The molecule has 170 valence electrons. The number of methoxy groups -OCH3 is 2. The normalized spacial score (nSPS) is 15.8. The van der Waals surface area contributed by atoms with E-state index in [-0.39, 0.29) is 35.8 Å². The van der Waals surface area contributed by atoms with E-state index >= 15 is 0 Å². The van der Waals surface area contributed by atoms with Gasteiger partial charge in [0.2, 0.25) is 0 Å². The van der Waals surface area contributed by atoms with Crippen molar-refractivity contribution < 1.29 is 18.6 Å². The van der Waals surface area contributed by atoms with Gasteiger partial charge in [0.05, 0.1) is 20.8 Å². The summed E-state index contributed by atoms with van der Waals surface area (Å²) in [6, 6.07) is 12.3. The van der Waals surface area contributed by atoms with Crippen molar-refractivity contribution in [2.45, 2.75) is 12.5 Å². The lowest BCUT2D eigenvalue weighted by atomic mass is 10.2. The molecule has 31 heavy (non-hydrogen) atoms. The van der Waals surface area contributed by atoms with Crippen LogP contribution in [-0.2, 0) is 0 Å². The summed E-state index contributed by atoms with van der Waals surface area (Å²) in [6.07, 6.45) is 0.986. The van der Waals surface area contributed by atoms with Crippen LogP contribution in [0, 0.1) is 5.82 Å². The molecule has 0 aliphatic carbocycles. The first kappa shape index (κ1) is 24.8. The van der Waals surface area contributed by atoms with Gasteiger partial charge in [0.25, 0.3) is 0 Å². The van der Waals surface area contributed by atoms with Gasteiger partial charge in [-0.3, -0.25) is 4.99 Å². The third-order valence-corrected chi connectivity index (χ3v) is 4.91. The zero-order chi connectivity index (χ0) is 21.3. The monoisotopic (exact) mass is 544 g/mol. The summed E-state index contributed by atoms with van der Waals surface area (Å²) >= 11 is 0. The zero-order valence-electron chi connectivity index (χ0n) is 18.1. The first-order valence-electron chi connectivity index (χ1n) is 9.95. The maximum absolute atomic E-state index is 13.2. The summed E-state index contributed by atoms with van der Waals surface area (Å²) in [5.41, 5.74) is 1.07. The Morgan fingerprint density at radius 1 is 1.13 bits per heavy atom. The van der Waals surface area contributed by atoms with E-state index in [0.29, 0.717) is 24.9 Å². The molecule has 2 N–H and O–H groups in total. The molecule has 1 aliphatic rings. The highest BCUT2D eigenvalue weighted by molar-refractivity contribution is 14.0. The summed E-state index contributed by atoms with van der Waals surface area (Å²) in [4.78, 5) is 6.58. The second kappa shape index (κ2) is 12.4. The number of nitrogens with one attached hydrogen (secondary N) is 2. The molecule has 1 aliphatic heterocycles. The van der Waals surface area contributed by atoms with E-state index in [1.165, 1.54) is 12.1 Å². The molecule has 2 aromatic carbocycles. The molecular formula is C22H30FIN4O3. The predicted molar refractivity (Wildman–Crippen MR) is 132 cm³/mol. The van der Waals surface area contributed by atoms with E-state index in [2.05, 4.69) is 20.5 Å². The summed E-state index contributed by atoms with van der Waals surface area (Å²) in [5, 5.41) is 6.68. The fraction of sp³-hybridized carbons (Fsp3) is 0.409. The number of hydrogen-bond acceptors (Lipinski definition) is 5. The molecule has 1 fully saturated rings. The molecule has 1 unspecified atom stereocenters. The molecule has 7 nitrogen and oxygen atoms in total. The number of anilines is 1. The lowest BCUT2D eigenvalue weighted by molar-refractivity contribution is 0.320. The molecule has 0 spiro atoms. The van der Waals surface area contributed by atoms with Crippen LogP contribution in [0.1, 0.15) is 6.42 Å². The maximum Gasteiger partial charge on any atom is 0.191 e. The van der Waals surface area contributed by atoms with Gasteiger partial charge in [0, 0.05) is 56.1 Å². The summed E-state index contributed by atoms with van der Waals surface area (Å²) in [6.45, 7) is 2.73. The fourth-order valence-corrected chi connectivity index (χ4v) is 3.37. The van der Waals surface area contributed by atoms with Gasteiger partial charge in [-0.1, -0.05) is 6.07 Å². The van der Waals surface area contributed by atoms with Gasteiger partial charge in [0.15, 0.2) is 5.96 Å². The topological polar surface area (TPSA) is 67.4 Å². The number of benzene rings is 2. The van der Waals surface area contributed by atoms with Gasteiger partial charge in [-0.25, -0.2) is 4.39 Å². The minimum atomic E-state index is -0.308. The van der Waals surface area contributed by atoms with Crippen molar-refractivity contribution in [3.8, 4) is 17.2 Å². The Hall–Kier alpha value is -2.43. The highest BCUT2D eigenvalue weighted by atomic mass is 127. The molecule has 1 heterocycles. The van der Waals surface area contributed by atoms with Gasteiger partial charge < -0.3 is 29.7 Å². The SMILES string of the molecule is CN=C(NCCOc1cccc(F)c1)NC1CCN(c2cc(OC)cc(OC)c2)C1.I. The highest BCUT2D eigenvalue weighted by Crippen LogP contribution is 2.30. The Kier molecular flexibility index (Phi) is 9.96. The van der Waals surface area contributed by atoms with Crippen molar-refractivity contribution in [2.24, 2.45) is 4.99 Å². The molecule has 0 aromatic heterocycles. The number of halogens is 2. The van der Waals surface area contributed by atoms with Crippen LogP contribution in [0.25, 0.3) is 0 Å². The molecule has 1 atom stereocenters. The lowest BCUT2D eigenvalue weighted by Crippen LogP contribution is -2.45. The minimum Gasteiger partial charge on any atom is -0.497 e. The van der Waals surface area contributed by atoms with Crippen LogP contribution in [-0.4, -0.2) is 59.5 Å². The molecule has 0 saturated carbocycles. The smallest absolute Gasteiger partial charge is 0.191 e. The third-order valence-electron chi connectivity index (χ3n) is 4.91. The molecule has 1 saturated heterocycles. The molecule has 0 radical (unpaired) electrons. The number of nitrogens with zero attached hydrogens (tertiary/aromatic N) is 2. The van der Waals surface area contributed by atoms with Crippen molar-refractivity contribution >= 4 is 35.6 Å². The predicted octanol–water partition coefficient (Wildman–Crippen LogP) is 3.28. The first-order valence-corrected chi connectivity index (χ1v) is 9.95. The van der Waals surface area contributed by atoms with Crippen LogP contribution in [0.4, 0.5) is 10.1 Å². The van der Waals surface area contributed by atoms with Gasteiger partial charge in [0.1, 0.15) is 29.7 Å². The van der Waals surface area contributed by atoms with Crippen molar-refractivity contribution in [3.63, 3.8) is 0 Å². The molecule has 0 amide bonds. The van der Waals surface area contributed by atoms with Crippen LogP contribution in [0.3, 0.4) is 0 Å². The largest absolute Gasteiger partial charge is 0.497 e. The third kappa shape index (κ3) is 7.34. The van der Waals surface area contributed by atoms with Crippen LogP contribution in [0.2, 0.25) is 0 Å². The van der Waals surface area contributed by atoms with Gasteiger partial charge in [-0.05, 0) is 18.6 Å². The van der Waals surface area contributed by atoms with Gasteiger partial charge in [-0.2, -0.15) is 0 Å². The van der Waals surface area contributed by atoms with E-state index in [0.717, 1.165) is 36.7 Å². The second-order valence-corrected chi connectivity index (χ2v) is 6.95. The average Bonchev–Trinajstić information content (AvgIpc) is 3.24. The summed E-state index contributed by atoms with van der Waals surface area (Å²) < 4.78 is 29.5. The lowest BCUT2D eigenvalue weighted by Gasteiger charge is -2.21. The van der Waals surface area contributed by atoms with E-state index < -0.39 is 0 Å². The van der Waals surface area contributed by atoms with E-state index in [4.69, 9.17) is 14.2 Å². The number of ether oxygens (including phenoxy) is 3. The number of hydrogen-bond donors (Lipinski definition) is 2. The maximum atomic E-state index is 13.2. The second-order valence-electron chi connectivity index (χ2n) is 6.95.